The molecule has 0 saturated carbocycles. The van der Waals surface area contributed by atoms with Gasteiger partial charge < -0.3 is 15.1 Å². The minimum absolute atomic E-state index is 0.0629. The molecule has 0 aromatic carbocycles. The second kappa shape index (κ2) is 8.36. The summed E-state index contributed by atoms with van der Waals surface area (Å²) in [5.41, 5.74) is 1.06. The first-order valence-corrected chi connectivity index (χ1v) is 7.90. The van der Waals surface area contributed by atoms with E-state index >= 15 is 0 Å². The van der Waals surface area contributed by atoms with Crippen LogP contribution in [0.15, 0.2) is 24.5 Å². The molecule has 0 spiro atoms. The number of nitrogens with zero attached hydrogens (tertiary/aromatic N) is 3. The molecule has 1 aliphatic rings. The van der Waals surface area contributed by atoms with Gasteiger partial charge in [0.2, 0.25) is 5.91 Å². The number of amides is 3. The number of hydrogen-bond acceptors (Lipinski definition) is 3. The summed E-state index contributed by atoms with van der Waals surface area (Å²) < 4.78 is 0. The minimum atomic E-state index is -0.0629. The van der Waals surface area contributed by atoms with Crippen molar-refractivity contribution in [2.24, 2.45) is 0 Å². The molecule has 6 heteroatoms. The highest BCUT2D eigenvalue weighted by atomic mass is 16.2. The van der Waals surface area contributed by atoms with Crippen molar-refractivity contribution in [3.05, 3.63) is 30.1 Å². The van der Waals surface area contributed by atoms with Crippen molar-refractivity contribution >= 4 is 11.9 Å². The van der Waals surface area contributed by atoms with Crippen LogP contribution in [-0.2, 0) is 11.3 Å². The van der Waals surface area contributed by atoms with Crippen LogP contribution in [0.25, 0.3) is 0 Å². The molecule has 0 bridgehead atoms. The Kier molecular flexibility index (Phi) is 6.18. The maximum atomic E-state index is 12.2. The van der Waals surface area contributed by atoms with Crippen molar-refractivity contribution in [2.75, 3.05) is 26.2 Å². The normalized spacial score (nSPS) is 14.2. The zero-order valence-electron chi connectivity index (χ0n) is 13.1. The van der Waals surface area contributed by atoms with Crippen molar-refractivity contribution in [1.29, 1.82) is 0 Å². The molecule has 1 aromatic heterocycles. The topological polar surface area (TPSA) is 65.5 Å². The molecule has 0 atom stereocenters. The molecule has 1 aliphatic heterocycles. The van der Waals surface area contributed by atoms with Gasteiger partial charge in [-0.2, -0.15) is 0 Å². The van der Waals surface area contributed by atoms with E-state index < -0.39 is 0 Å². The fraction of sp³-hybridized carbons (Fsp3) is 0.562. The van der Waals surface area contributed by atoms with Crippen LogP contribution in [-0.4, -0.2) is 52.9 Å². The van der Waals surface area contributed by atoms with Gasteiger partial charge in [-0.05, 0) is 37.5 Å². The lowest BCUT2D eigenvalue weighted by Crippen LogP contribution is -2.40. The van der Waals surface area contributed by atoms with Crippen LogP contribution in [0.5, 0.6) is 0 Å². The van der Waals surface area contributed by atoms with E-state index in [0.717, 1.165) is 31.5 Å². The standard InChI is InChI=1S/C16H24N4O2/c1-2-19(13-14-6-9-17-10-7-14)16(22)18-8-4-12-20-11-3-5-15(20)21/h6-7,9-10H,2-5,8,11-13H2,1H3,(H,18,22). The minimum Gasteiger partial charge on any atom is -0.343 e. The lowest BCUT2D eigenvalue weighted by Gasteiger charge is -2.22. The summed E-state index contributed by atoms with van der Waals surface area (Å²) in [6.45, 7) is 5.37. The van der Waals surface area contributed by atoms with E-state index in [1.807, 2.05) is 24.0 Å². The first-order valence-electron chi connectivity index (χ1n) is 7.90. The SMILES string of the molecule is CCN(Cc1ccncc1)C(=O)NCCCN1CCCC1=O. The van der Waals surface area contributed by atoms with Crippen LogP contribution < -0.4 is 5.32 Å². The molecule has 1 aromatic rings. The molecular formula is C16H24N4O2. The van der Waals surface area contributed by atoms with Gasteiger partial charge in [0, 0.05) is 51.5 Å². The van der Waals surface area contributed by atoms with Gasteiger partial charge >= 0.3 is 6.03 Å². The Hall–Kier alpha value is -2.11. The predicted octanol–water partition coefficient (Wildman–Crippen LogP) is 1.63. The molecule has 1 fully saturated rings. The first kappa shape index (κ1) is 16.3. The lowest BCUT2D eigenvalue weighted by atomic mass is 10.2. The lowest BCUT2D eigenvalue weighted by molar-refractivity contribution is -0.127. The van der Waals surface area contributed by atoms with Gasteiger partial charge in [0.05, 0.1) is 0 Å². The predicted molar refractivity (Wildman–Crippen MR) is 84.2 cm³/mol. The van der Waals surface area contributed by atoms with E-state index in [1.165, 1.54) is 0 Å². The molecule has 2 rings (SSSR count). The molecule has 1 saturated heterocycles. The monoisotopic (exact) mass is 304 g/mol. The molecular weight excluding hydrogens is 280 g/mol. The highest BCUT2D eigenvalue weighted by Crippen LogP contribution is 2.09. The second-order valence-electron chi connectivity index (χ2n) is 5.44. The number of hydrogen-bond donors (Lipinski definition) is 1. The van der Waals surface area contributed by atoms with E-state index in [4.69, 9.17) is 0 Å². The van der Waals surface area contributed by atoms with Crippen LogP contribution >= 0.6 is 0 Å². The van der Waals surface area contributed by atoms with Crippen molar-refractivity contribution in [1.82, 2.24) is 20.1 Å². The fourth-order valence-electron chi connectivity index (χ4n) is 2.55. The zero-order chi connectivity index (χ0) is 15.8. The van der Waals surface area contributed by atoms with E-state index in [0.29, 0.717) is 26.1 Å². The van der Waals surface area contributed by atoms with Crippen LogP contribution in [0.3, 0.4) is 0 Å². The quantitative estimate of drug-likeness (QED) is 0.779. The van der Waals surface area contributed by atoms with Crippen LogP contribution in [0, 0.1) is 0 Å². The summed E-state index contributed by atoms with van der Waals surface area (Å²) >= 11 is 0. The number of aromatic nitrogens is 1. The number of carbonyl (C=O) groups excluding carboxylic acids is 2. The Bertz CT molecular complexity index is 492. The Morgan fingerprint density at radius 2 is 2.18 bits per heavy atom. The van der Waals surface area contributed by atoms with Gasteiger partial charge in [-0.15, -0.1) is 0 Å². The molecule has 2 heterocycles. The number of carbonyl (C=O) groups is 2. The second-order valence-corrected chi connectivity index (χ2v) is 5.44. The van der Waals surface area contributed by atoms with Crippen molar-refractivity contribution in [3.8, 4) is 0 Å². The number of likely N-dealkylation sites (tertiary alicyclic amines) is 1. The van der Waals surface area contributed by atoms with E-state index in [2.05, 4.69) is 10.3 Å². The Morgan fingerprint density at radius 3 is 2.82 bits per heavy atom. The van der Waals surface area contributed by atoms with Gasteiger partial charge in [0.1, 0.15) is 0 Å². The smallest absolute Gasteiger partial charge is 0.317 e. The van der Waals surface area contributed by atoms with Crippen LogP contribution in [0.1, 0.15) is 31.7 Å². The fourth-order valence-corrected chi connectivity index (χ4v) is 2.55. The number of nitrogens with one attached hydrogen (secondary N) is 1. The van der Waals surface area contributed by atoms with Crippen molar-refractivity contribution in [3.63, 3.8) is 0 Å². The van der Waals surface area contributed by atoms with Crippen molar-refractivity contribution < 1.29 is 9.59 Å². The molecule has 0 unspecified atom stereocenters. The summed E-state index contributed by atoms with van der Waals surface area (Å²) in [5.74, 6) is 0.235. The number of rotatable bonds is 7. The number of urea groups is 1. The van der Waals surface area contributed by atoms with Gasteiger partial charge in [-0.1, -0.05) is 0 Å². The first-order chi connectivity index (χ1) is 10.7. The highest BCUT2D eigenvalue weighted by Gasteiger charge is 2.19. The van der Waals surface area contributed by atoms with E-state index in [1.54, 1.807) is 17.3 Å². The Labute approximate surface area is 131 Å². The summed E-state index contributed by atoms with van der Waals surface area (Å²) in [6.07, 6.45) is 5.88. The third kappa shape index (κ3) is 4.72. The van der Waals surface area contributed by atoms with Crippen LogP contribution in [0.4, 0.5) is 4.79 Å². The third-order valence-corrected chi connectivity index (χ3v) is 3.84. The largest absolute Gasteiger partial charge is 0.343 e. The van der Waals surface area contributed by atoms with Crippen LogP contribution in [0.2, 0.25) is 0 Å². The van der Waals surface area contributed by atoms with Crippen molar-refractivity contribution in [2.45, 2.75) is 32.7 Å². The molecule has 6 nitrogen and oxygen atoms in total. The number of pyridine rings is 1. The third-order valence-electron chi connectivity index (χ3n) is 3.84. The maximum absolute atomic E-state index is 12.2. The summed E-state index contributed by atoms with van der Waals surface area (Å²) in [5, 5.41) is 2.93. The molecule has 120 valence electrons. The molecule has 0 radical (unpaired) electrons. The molecule has 1 N–H and O–H groups in total. The van der Waals surface area contributed by atoms with Gasteiger partial charge in [-0.3, -0.25) is 9.78 Å². The molecule has 22 heavy (non-hydrogen) atoms. The summed E-state index contributed by atoms with van der Waals surface area (Å²) in [6, 6.07) is 3.76. The highest BCUT2D eigenvalue weighted by molar-refractivity contribution is 5.78. The average Bonchev–Trinajstić information content (AvgIpc) is 2.95. The van der Waals surface area contributed by atoms with Gasteiger partial charge in [0.15, 0.2) is 0 Å². The average molecular weight is 304 g/mol. The molecule has 3 amide bonds. The zero-order valence-corrected chi connectivity index (χ0v) is 13.1. The summed E-state index contributed by atoms with van der Waals surface area (Å²) in [4.78, 5) is 31.3. The van der Waals surface area contributed by atoms with Gasteiger partial charge in [-0.25, -0.2) is 4.79 Å². The summed E-state index contributed by atoms with van der Waals surface area (Å²) in [7, 11) is 0. The Balaban J connectivity index is 1.69. The maximum Gasteiger partial charge on any atom is 0.317 e. The van der Waals surface area contributed by atoms with E-state index in [9.17, 15) is 9.59 Å². The molecule has 0 aliphatic carbocycles. The van der Waals surface area contributed by atoms with E-state index in [-0.39, 0.29) is 11.9 Å². The Morgan fingerprint density at radius 1 is 1.41 bits per heavy atom. The van der Waals surface area contributed by atoms with Gasteiger partial charge in [0.25, 0.3) is 0 Å².